The van der Waals surface area contributed by atoms with Crippen LogP contribution in [0.4, 0.5) is 15.8 Å². The summed E-state index contributed by atoms with van der Waals surface area (Å²) in [5, 5.41) is 0. The third kappa shape index (κ3) is 2.92. The number of hydrogen-bond donors (Lipinski definition) is 1. The molecule has 0 unspecified atom stereocenters. The fraction of sp³-hybridized carbons (Fsp3) is 0.250. The summed E-state index contributed by atoms with van der Waals surface area (Å²) in [6.45, 7) is 1.39. The van der Waals surface area contributed by atoms with Crippen LogP contribution in [0.5, 0.6) is 5.75 Å². The van der Waals surface area contributed by atoms with Crippen molar-refractivity contribution in [2.75, 3.05) is 24.5 Å². The number of anilines is 2. The molecule has 2 aromatic carbocycles. The Hall–Kier alpha value is -2.27. The third-order valence-electron chi connectivity index (χ3n) is 3.48. The molecule has 0 aromatic heterocycles. The van der Waals surface area contributed by atoms with E-state index in [-0.39, 0.29) is 12.6 Å². The number of nitrogens with two attached hydrogens (primary N) is 1. The Morgan fingerprint density at radius 3 is 2.76 bits per heavy atom. The molecule has 2 aromatic rings. The summed E-state index contributed by atoms with van der Waals surface area (Å²) in [5.41, 5.74) is 9.52. The standard InChI is InChI=1S/C16H17FN2O2/c1-19(15-4-2-13(17)3-5-15)8-11-6-14(18)7-12-9-20-10-21-16(11)12/h2-7H,8-10,18H2,1H3. The highest BCUT2D eigenvalue weighted by molar-refractivity contribution is 5.55. The van der Waals surface area contributed by atoms with Gasteiger partial charge >= 0.3 is 0 Å². The molecule has 1 aliphatic rings. The van der Waals surface area contributed by atoms with E-state index >= 15 is 0 Å². The van der Waals surface area contributed by atoms with Crippen molar-refractivity contribution >= 4 is 11.4 Å². The van der Waals surface area contributed by atoms with Gasteiger partial charge in [0.1, 0.15) is 11.6 Å². The summed E-state index contributed by atoms with van der Waals surface area (Å²) in [6, 6.07) is 10.2. The zero-order valence-corrected chi connectivity index (χ0v) is 11.8. The van der Waals surface area contributed by atoms with Gasteiger partial charge in [-0.15, -0.1) is 0 Å². The summed E-state index contributed by atoms with van der Waals surface area (Å²) >= 11 is 0. The van der Waals surface area contributed by atoms with Gasteiger partial charge in [0.2, 0.25) is 0 Å². The summed E-state index contributed by atoms with van der Waals surface area (Å²) in [5.74, 6) is 0.596. The van der Waals surface area contributed by atoms with Crippen molar-refractivity contribution in [3.05, 3.63) is 53.3 Å². The van der Waals surface area contributed by atoms with E-state index in [0.29, 0.717) is 18.8 Å². The number of halogens is 1. The highest BCUT2D eigenvalue weighted by Crippen LogP contribution is 2.32. The van der Waals surface area contributed by atoms with Crippen molar-refractivity contribution in [2.45, 2.75) is 13.2 Å². The van der Waals surface area contributed by atoms with E-state index in [1.54, 1.807) is 12.1 Å². The van der Waals surface area contributed by atoms with Gasteiger partial charge in [-0.2, -0.15) is 0 Å². The van der Waals surface area contributed by atoms with Gasteiger partial charge in [0.25, 0.3) is 0 Å². The Morgan fingerprint density at radius 1 is 1.24 bits per heavy atom. The Labute approximate surface area is 122 Å². The van der Waals surface area contributed by atoms with Crippen molar-refractivity contribution in [1.82, 2.24) is 0 Å². The number of ether oxygens (including phenoxy) is 2. The highest BCUT2D eigenvalue weighted by atomic mass is 19.1. The SMILES string of the molecule is CN(Cc1cc(N)cc2c1OCOC2)c1ccc(F)cc1. The minimum Gasteiger partial charge on any atom is -0.467 e. The van der Waals surface area contributed by atoms with Crippen molar-refractivity contribution in [3.8, 4) is 5.75 Å². The fourth-order valence-corrected chi connectivity index (χ4v) is 2.49. The van der Waals surface area contributed by atoms with Gasteiger partial charge in [0.05, 0.1) is 6.61 Å². The van der Waals surface area contributed by atoms with Gasteiger partial charge in [-0.25, -0.2) is 4.39 Å². The first-order valence-corrected chi connectivity index (χ1v) is 6.72. The fourth-order valence-electron chi connectivity index (χ4n) is 2.49. The molecule has 3 rings (SSSR count). The van der Waals surface area contributed by atoms with E-state index in [0.717, 1.165) is 22.6 Å². The van der Waals surface area contributed by atoms with Crippen molar-refractivity contribution in [2.24, 2.45) is 0 Å². The maximum absolute atomic E-state index is 13.0. The lowest BCUT2D eigenvalue weighted by atomic mass is 10.1. The third-order valence-corrected chi connectivity index (χ3v) is 3.48. The van der Waals surface area contributed by atoms with Crippen LogP contribution in [-0.4, -0.2) is 13.8 Å². The van der Waals surface area contributed by atoms with Crippen LogP contribution in [0.2, 0.25) is 0 Å². The largest absolute Gasteiger partial charge is 0.467 e. The molecule has 0 atom stereocenters. The molecule has 110 valence electrons. The maximum Gasteiger partial charge on any atom is 0.189 e. The number of nitrogens with zero attached hydrogens (tertiary/aromatic N) is 1. The molecule has 21 heavy (non-hydrogen) atoms. The molecule has 1 heterocycles. The van der Waals surface area contributed by atoms with E-state index < -0.39 is 0 Å². The second-order valence-corrected chi connectivity index (χ2v) is 5.11. The second-order valence-electron chi connectivity index (χ2n) is 5.11. The van der Waals surface area contributed by atoms with Gasteiger partial charge in [0.15, 0.2) is 6.79 Å². The zero-order chi connectivity index (χ0) is 14.8. The van der Waals surface area contributed by atoms with Crippen LogP contribution in [0.15, 0.2) is 36.4 Å². The first-order valence-electron chi connectivity index (χ1n) is 6.72. The molecule has 0 fully saturated rings. The normalized spacial score (nSPS) is 13.4. The van der Waals surface area contributed by atoms with E-state index in [2.05, 4.69) is 0 Å². The van der Waals surface area contributed by atoms with Gasteiger partial charge in [-0.1, -0.05) is 0 Å². The number of benzene rings is 2. The number of nitrogen functional groups attached to an aromatic ring is 1. The van der Waals surface area contributed by atoms with Crippen LogP contribution in [0, 0.1) is 5.82 Å². The summed E-state index contributed by atoms with van der Waals surface area (Å²) < 4.78 is 23.9. The predicted molar refractivity (Wildman–Crippen MR) is 79.6 cm³/mol. The molecule has 0 amide bonds. The number of rotatable bonds is 3. The van der Waals surface area contributed by atoms with Crippen LogP contribution >= 0.6 is 0 Å². The molecule has 4 nitrogen and oxygen atoms in total. The first-order chi connectivity index (χ1) is 10.1. The van der Waals surface area contributed by atoms with Crippen molar-refractivity contribution in [3.63, 3.8) is 0 Å². The van der Waals surface area contributed by atoms with Gasteiger partial charge in [-0.05, 0) is 36.4 Å². The monoisotopic (exact) mass is 288 g/mol. The topological polar surface area (TPSA) is 47.7 Å². The van der Waals surface area contributed by atoms with Gasteiger partial charge < -0.3 is 20.1 Å². The Bertz CT molecular complexity index is 643. The lowest BCUT2D eigenvalue weighted by molar-refractivity contribution is -0.0169. The summed E-state index contributed by atoms with van der Waals surface area (Å²) in [4.78, 5) is 2.02. The molecule has 1 aliphatic heterocycles. The van der Waals surface area contributed by atoms with Crippen LogP contribution < -0.4 is 15.4 Å². The average Bonchev–Trinajstić information content (AvgIpc) is 2.47. The van der Waals surface area contributed by atoms with E-state index in [4.69, 9.17) is 15.2 Å². The van der Waals surface area contributed by atoms with Crippen LogP contribution in [0.1, 0.15) is 11.1 Å². The lowest BCUT2D eigenvalue weighted by Crippen LogP contribution is -2.20. The highest BCUT2D eigenvalue weighted by Gasteiger charge is 2.17. The molecule has 0 aliphatic carbocycles. The second kappa shape index (κ2) is 5.61. The van der Waals surface area contributed by atoms with Gasteiger partial charge in [0, 0.05) is 36.1 Å². The molecule has 2 N–H and O–H groups in total. The molecule has 0 bridgehead atoms. The maximum atomic E-state index is 13.0. The Balaban J connectivity index is 1.87. The summed E-state index contributed by atoms with van der Waals surface area (Å²) in [7, 11) is 1.95. The molecule has 0 radical (unpaired) electrons. The quantitative estimate of drug-likeness (QED) is 0.882. The first kappa shape index (κ1) is 13.7. The van der Waals surface area contributed by atoms with Crippen molar-refractivity contribution < 1.29 is 13.9 Å². The molecular formula is C16H17FN2O2. The summed E-state index contributed by atoms with van der Waals surface area (Å²) in [6.07, 6.45) is 0. The predicted octanol–water partition coefficient (Wildman–Crippen LogP) is 2.91. The Kier molecular flexibility index (Phi) is 3.66. The average molecular weight is 288 g/mol. The van der Waals surface area contributed by atoms with E-state index in [9.17, 15) is 4.39 Å². The molecule has 0 saturated carbocycles. The molecule has 0 saturated heterocycles. The Morgan fingerprint density at radius 2 is 2.00 bits per heavy atom. The molecule has 0 spiro atoms. The minimum atomic E-state index is -0.242. The van der Waals surface area contributed by atoms with Crippen LogP contribution in [-0.2, 0) is 17.9 Å². The van der Waals surface area contributed by atoms with Crippen molar-refractivity contribution in [1.29, 1.82) is 0 Å². The van der Waals surface area contributed by atoms with Gasteiger partial charge in [-0.3, -0.25) is 0 Å². The van der Waals surface area contributed by atoms with E-state index in [1.807, 2.05) is 24.1 Å². The van der Waals surface area contributed by atoms with Crippen LogP contribution in [0.25, 0.3) is 0 Å². The number of hydrogen-bond acceptors (Lipinski definition) is 4. The molecular weight excluding hydrogens is 271 g/mol. The minimum absolute atomic E-state index is 0.242. The number of fused-ring (bicyclic) bond motifs is 1. The molecule has 5 heteroatoms. The van der Waals surface area contributed by atoms with E-state index in [1.165, 1.54) is 12.1 Å². The lowest BCUT2D eigenvalue weighted by Gasteiger charge is -2.25. The van der Waals surface area contributed by atoms with Crippen LogP contribution in [0.3, 0.4) is 0 Å². The smallest absolute Gasteiger partial charge is 0.189 e. The zero-order valence-electron chi connectivity index (χ0n) is 11.8.